The number of nitriles is 1. The van der Waals surface area contributed by atoms with Crippen molar-refractivity contribution < 1.29 is 23.1 Å². The number of sulfone groups is 1. The molecule has 176 valence electrons. The van der Waals surface area contributed by atoms with E-state index in [1.165, 1.54) is 24.3 Å². The minimum atomic E-state index is -4.04. The fourth-order valence-corrected chi connectivity index (χ4v) is 4.93. The fraction of sp³-hybridized carbons (Fsp3) is 0.231. The molecule has 0 aliphatic heterocycles. The number of unbranched alkanes of at least 4 members (excludes halogenated alkanes) is 3. The van der Waals surface area contributed by atoms with Crippen LogP contribution >= 0.6 is 0 Å². The first-order valence-corrected chi connectivity index (χ1v) is 12.4. The Labute approximate surface area is 199 Å². The molecular formula is C26H26N2O5S. The summed E-state index contributed by atoms with van der Waals surface area (Å²) in [5.74, 6) is 0.168. The van der Waals surface area contributed by atoms with Crippen LogP contribution in [0.3, 0.4) is 0 Å². The van der Waals surface area contributed by atoms with Crippen LogP contribution in [-0.2, 0) is 9.84 Å². The van der Waals surface area contributed by atoms with Gasteiger partial charge in [0.05, 0.1) is 27.6 Å². The number of rotatable bonds is 11. The molecule has 0 aromatic heterocycles. The number of carbonyl (C=O) groups excluding carboxylic acids is 1. The number of aliphatic hydroxyl groups is 1. The van der Waals surface area contributed by atoms with Crippen molar-refractivity contribution >= 4 is 21.4 Å². The van der Waals surface area contributed by atoms with Gasteiger partial charge in [0.15, 0.2) is 0 Å². The molecule has 0 saturated heterocycles. The predicted octanol–water partition coefficient (Wildman–Crippen LogP) is 4.57. The molecule has 1 amide bonds. The Hall–Kier alpha value is -3.67. The number of para-hydroxylation sites is 1. The van der Waals surface area contributed by atoms with Crippen LogP contribution in [-0.4, -0.2) is 32.6 Å². The van der Waals surface area contributed by atoms with Crippen LogP contribution in [0.25, 0.3) is 0 Å². The van der Waals surface area contributed by atoms with Gasteiger partial charge in [-0.25, -0.2) is 8.42 Å². The van der Waals surface area contributed by atoms with Gasteiger partial charge in [0, 0.05) is 12.2 Å². The van der Waals surface area contributed by atoms with Crippen molar-refractivity contribution in [3.05, 3.63) is 83.9 Å². The summed E-state index contributed by atoms with van der Waals surface area (Å²) >= 11 is 0. The third-order valence-electron chi connectivity index (χ3n) is 5.16. The summed E-state index contributed by atoms with van der Waals surface area (Å²) in [6.45, 7) is 0.750. The van der Waals surface area contributed by atoms with Crippen molar-refractivity contribution in [3.63, 3.8) is 0 Å². The van der Waals surface area contributed by atoms with E-state index in [9.17, 15) is 18.5 Å². The Bertz CT molecular complexity index is 1260. The molecule has 0 radical (unpaired) electrons. The lowest BCUT2D eigenvalue weighted by Crippen LogP contribution is -2.15. The summed E-state index contributed by atoms with van der Waals surface area (Å²) in [6, 6.07) is 20.5. The van der Waals surface area contributed by atoms with E-state index < -0.39 is 15.7 Å². The Morgan fingerprint density at radius 3 is 2.24 bits per heavy atom. The first kappa shape index (κ1) is 25.0. The van der Waals surface area contributed by atoms with E-state index >= 15 is 0 Å². The van der Waals surface area contributed by atoms with Crippen LogP contribution in [0.2, 0.25) is 0 Å². The van der Waals surface area contributed by atoms with Crippen molar-refractivity contribution in [2.24, 2.45) is 0 Å². The van der Waals surface area contributed by atoms with Crippen LogP contribution in [0.5, 0.6) is 5.75 Å². The molecule has 0 bridgehead atoms. The van der Waals surface area contributed by atoms with Crippen molar-refractivity contribution in [1.29, 1.82) is 5.26 Å². The molecule has 0 unspecified atom stereocenters. The number of nitrogens with one attached hydrogen (secondary N) is 1. The summed E-state index contributed by atoms with van der Waals surface area (Å²) in [4.78, 5) is 12.6. The van der Waals surface area contributed by atoms with Gasteiger partial charge in [0.2, 0.25) is 9.84 Å². The normalized spacial score (nSPS) is 10.9. The second kappa shape index (κ2) is 12.0. The van der Waals surface area contributed by atoms with E-state index in [1.54, 1.807) is 48.5 Å². The summed E-state index contributed by atoms with van der Waals surface area (Å²) in [6.07, 6.45) is 3.60. The van der Waals surface area contributed by atoms with Gasteiger partial charge in [-0.2, -0.15) is 5.26 Å². The topological polar surface area (TPSA) is 116 Å². The van der Waals surface area contributed by atoms with Crippen LogP contribution < -0.4 is 10.1 Å². The number of benzene rings is 3. The quantitative estimate of drug-likeness (QED) is 0.390. The van der Waals surface area contributed by atoms with Gasteiger partial charge in [0.25, 0.3) is 5.91 Å². The molecule has 3 rings (SSSR count). The lowest BCUT2D eigenvalue weighted by molar-refractivity contribution is 0.102. The molecule has 3 aromatic carbocycles. The molecular weight excluding hydrogens is 452 g/mol. The average Bonchev–Trinajstić information content (AvgIpc) is 2.86. The molecule has 0 atom stereocenters. The standard InChI is InChI=1S/C26H26N2O5S/c27-19-21-9-3-5-11-24(21)34(31,32)25-12-6-4-10-23(25)28-26(30)20-13-15-22(16-14-20)33-18-8-2-1-7-17-29/h3-6,9-16,29H,1-2,7-8,17-18H2,(H,28,30). The maximum atomic E-state index is 13.2. The first-order valence-electron chi connectivity index (χ1n) is 11.0. The molecule has 0 saturated carbocycles. The molecule has 0 aliphatic carbocycles. The summed E-state index contributed by atoms with van der Waals surface area (Å²) in [7, 11) is -4.04. The number of ether oxygens (including phenoxy) is 1. The van der Waals surface area contributed by atoms with Gasteiger partial charge in [-0.3, -0.25) is 4.79 Å². The van der Waals surface area contributed by atoms with E-state index in [-0.39, 0.29) is 27.6 Å². The second-order valence-electron chi connectivity index (χ2n) is 7.57. The van der Waals surface area contributed by atoms with Gasteiger partial charge < -0.3 is 15.2 Å². The van der Waals surface area contributed by atoms with Crippen molar-refractivity contribution in [2.45, 2.75) is 35.5 Å². The van der Waals surface area contributed by atoms with Crippen molar-refractivity contribution in [2.75, 3.05) is 18.5 Å². The van der Waals surface area contributed by atoms with Gasteiger partial charge >= 0.3 is 0 Å². The van der Waals surface area contributed by atoms with Crippen LogP contribution in [0, 0.1) is 11.3 Å². The fourth-order valence-electron chi connectivity index (χ4n) is 3.37. The van der Waals surface area contributed by atoms with E-state index in [1.807, 2.05) is 6.07 Å². The van der Waals surface area contributed by atoms with E-state index in [4.69, 9.17) is 9.84 Å². The van der Waals surface area contributed by atoms with Gasteiger partial charge in [0.1, 0.15) is 11.8 Å². The van der Waals surface area contributed by atoms with Crippen LogP contribution in [0.4, 0.5) is 5.69 Å². The van der Waals surface area contributed by atoms with Gasteiger partial charge in [-0.1, -0.05) is 30.7 Å². The monoisotopic (exact) mass is 478 g/mol. The number of carbonyl (C=O) groups is 1. The Kier molecular flexibility index (Phi) is 8.79. The number of amides is 1. The third-order valence-corrected chi connectivity index (χ3v) is 7.03. The highest BCUT2D eigenvalue weighted by Gasteiger charge is 2.25. The number of aliphatic hydroxyl groups excluding tert-OH is 1. The molecule has 0 heterocycles. The van der Waals surface area contributed by atoms with Gasteiger partial charge in [-0.05, 0) is 67.8 Å². The van der Waals surface area contributed by atoms with E-state index in [2.05, 4.69) is 5.32 Å². The minimum Gasteiger partial charge on any atom is -0.494 e. The smallest absolute Gasteiger partial charge is 0.255 e. The molecule has 8 heteroatoms. The lowest BCUT2D eigenvalue weighted by Gasteiger charge is -2.13. The largest absolute Gasteiger partial charge is 0.494 e. The average molecular weight is 479 g/mol. The zero-order valence-electron chi connectivity index (χ0n) is 18.6. The van der Waals surface area contributed by atoms with E-state index in [0.29, 0.717) is 17.9 Å². The molecule has 2 N–H and O–H groups in total. The van der Waals surface area contributed by atoms with Crippen LogP contribution in [0.15, 0.2) is 82.6 Å². The molecule has 0 aliphatic rings. The minimum absolute atomic E-state index is 0.0348. The van der Waals surface area contributed by atoms with Crippen molar-refractivity contribution in [3.8, 4) is 11.8 Å². The molecule has 3 aromatic rings. The Morgan fingerprint density at radius 2 is 1.53 bits per heavy atom. The highest BCUT2D eigenvalue weighted by atomic mass is 32.2. The summed E-state index contributed by atoms with van der Waals surface area (Å²) < 4.78 is 32.2. The Morgan fingerprint density at radius 1 is 0.882 bits per heavy atom. The molecule has 7 nitrogen and oxygen atoms in total. The summed E-state index contributed by atoms with van der Waals surface area (Å²) in [5, 5.41) is 20.8. The van der Waals surface area contributed by atoms with Crippen LogP contribution in [0.1, 0.15) is 41.6 Å². The van der Waals surface area contributed by atoms with E-state index in [0.717, 1.165) is 25.7 Å². The maximum Gasteiger partial charge on any atom is 0.255 e. The van der Waals surface area contributed by atoms with Gasteiger partial charge in [-0.15, -0.1) is 0 Å². The lowest BCUT2D eigenvalue weighted by atomic mass is 10.2. The maximum absolute atomic E-state index is 13.2. The van der Waals surface area contributed by atoms with Crippen molar-refractivity contribution in [1.82, 2.24) is 0 Å². The SMILES string of the molecule is N#Cc1ccccc1S(=O)(=O)c1ccccc1NC(=O)c1ccc(OCCCCCCO)cc1. The number of hydrogen-bond donors (Lipinski definition) is 2. The highest BCUT2D eigenvalue weighted by Crippen LogP contribution is 2.29. The predicted molar refractivity (Wildman–Crippen MR) is 128 cm³/mol. The number of nitrogens with zero attached hydrogens (tertiary/aromatic N) is 1. The second-order valence-corrected chi connectivity index (χ2v) is 9.46. The zero-order chi connectivity index (χ0) is 24.4. The summed E-state index contributed by atoms with van der Waals surface area (Å²) in [5.41, 5.74) is 0.510. The molecule has 34 heavy (non-hydrogen) atoms. The number of anilines is 1. The molecule has 0 spiro atoms. The molecule has 0 fully saturated rings. The zero-order valence-corrected chi connectivity index (χ0v) is 19.4. The first-order chi connectivity index (χ1) is 16.5. The third kappa shape index (κ3) is 6.22. The number of hydrogen-bond acceptors (Lipinski definition) is 6. The Balaban J connectivity index is 1.71. The highest BCUT2D eigenvalue weighted by molar-refractivity contribution is 7.91.